The summed E-state index contributed by atoms with van der Waals surface area (Å²) in [4.78, 5) is 5.03. The van der Waals surface area contributed by atoms with Crippen LogP contribution in [0.4, 0.5) is 4.39 Å². The largest absolute Gasteiger partial charge is 0.300 e. The molecule has 17 heavy (non-hydrogen) atoms. The first kappa shape index (κ1) is 13.3. The zero-order valence-corrected chi connectivity index (χ0v) is 11.4. The summed E-state index contributed by atoms with van der Waals surface area (Å²) in [7, 11) is 0. The maximum absolute atomic E-state index is 12.5. The Morgan fingerprint density at radius 3 is 2.12 bits per heavy atom. The molecular formula is C14H27FN2. The van der Waals surface area contributed by atoms with Gasteiger partial charge in [0, 0.05) is 24.7 Å². The molecule has 2 nitrogen and oxygen atoms in total. The summed E-state index contributed by atoms with van der Waals surface area (Å²) in [6, 6.07) is 1.83. The number of rotatable bonds is 3. The molecule has 0 amide bonds. The lowest BCUT2D eigenvalue weighted by Crippen LogP contribution is -2.54. The second-order valence-electron chi connectivity index (χ2n) is 5.85. The van der Waals surface area contributed by atoms with Crippen molar-refractivity contribution in [2.75, 3.05) is 26.3 Å². The third-order valence-electron chi connectivity index (χ3n) is 4.61. The van der Waals surface area contributed by atoms with Crippen LogP contribution in [-0.4, -0.2) is 54.2 Å². The van der Waals surface area contributed by atoms with E-state index in [4.69, 9.17) is 0 Å². The summed E-state index contributed by atoms with van der Waals surface area (Å²) in [6.45, 7) is 7.52. The van der Waals surface area contributed by atoms with Gasteiger partial charge in [0.2, 0.25) is 0 Å². The highest BCUT2D eigenvalue weighted by Gasteiger charge is 2.33. The molecule has 1 unspecified atom stereocenters. The summed E-state index contributed by atoms with van der Waals surface area (Å²) in [5.74, 6) is 0. The molecule has 0 aromatic carbocycles. The Bertz CT molecular complexity index is 216. The van der Waals surface area contributed by atoms with Crippen LogP contribution in [0.5, 0.6) is 0 Å². The average molecular weight is 242 g/mol. The molecule has 0 aromatic rings. The zero-order chi connectivity index (χ0) is 12.3. The van der Waals surface area contributed by atoms with E-state index >= 15 is 0 Å². The number of alkyl halides is 1. The van der Waals surface area contributed by atoms with Crippen LogP contribution in [0.2, 0.25) is 0 Å². The van der Waals surface area contributed by atoms with Crippen LogP contribution in [0.1, 0.15) is 46.0 Å². The summed E-state index contributed by atoms with van der Waals surface area (Å²) < 4.78 is 12.5. The molecular weight excluding hydrogens is 215 g/mol. The van der Waals surface area contributed by atoms with Gasteiger partial charge >= 0.3 is 0 Å². The van der Waals surface area contributed by atoms with Crippen LogP contribution in [0.15, 0.2) is 0 Å². The van der Waals surface area contributed by atoms with E-state index < -0.39 is 0 Å². The van der Waals surface area contributed by atoms with Gasteiger partial charge in [-0.3, -0.25) is 4.90 Å². The van der Waals surface area contributed by atoms with Crippen molar-refractivity contribution in [2.45, 2.75) is 64.1 Å². The van der Waals surface area contributed by atoms with Crippen molar-refractivity contribution < 1.29 is 4.39 Å². The van der Waals surface area contributed by atoms with Crippen LogP contribution < -0.4 is 0 Å². The molecule has 0 saturated carbocycles. The molecule has 2 heterocycles. The Morgan fingerprint density at radius 2 is 1.59 bits per heavy atom. The topological polar surface area (TPSA) is 6.48 Å². The van der Waals surface area contributed by atoms with Crippen molar-refractivity contribution in [3.63, 3.8) is 0 Å². The highest BCUT2D eigenvalue weighted by Crippen LogP contribution is 2.28. The highest BCUT2D eigenvalue weighted by atomic mass is 19.1. The Hall–Kier alpha value is -0.150. The molecule has 3 atom stereocenters. The van der Waals surface area contributed by atoms with Crippen molar-refractivity contribution in [3.05, 3.63) is 0 Å². The minimum atomic E-state index is -0.205. The predicted molar refractivity (Wildman–Crippen MR) is 70.1 cm³/mol. The third-order valence-corrected chi connectivity index (χ3v) is 4.61. The van der Waals surface area contributed by atoms with Crippen LogP contribution in [0.25, 0.3) is 0 Å². The van der Waals surface area contributed by atoms with E-state index in [9.17, 15) is 4.39 Å². The van der Waals surface area contributed by atoms with Gasteiger partial charge in [0.1, 0.15) is 6.67 Å². The number of hydrogen-bond acceptors (Lipinski definition) is 2. The molecule has 2 saturated heterocycles. The standard InChI is InChI=1S/C14H27FN2/c1-12-10-14(16-7-4-3-5-8-16)11-13(2)17(12)9-6-15/h12-14H,3-11H2,1-2H3/t12-,13+,14?. The molecule has 0 radical (unpaired) electrons. The zero-order valence-electron chi connectivity index (χ0n) is 11.4. The van der Waals surface area contributed by atoms with Crippen LogP contribution >= 0.6 is 0 Å². The van der Waals surface area contributed by atoms with Crippen LogP contribution in [0.3, 0.4) is 0 Å². The van der Waals surface area contributed by atoms with E-state index in [1.807, 2.05) is 0 Å². The third kappa shape index (κ3) is 3.19. The highest BCUT2D eigenvalue weighted by molar-refractivity contribution is 4.89. The molecule has 100 valence electrons. The molecule has 0 aromatic heterocycles. The summed E-state index contributed by atoms with van der Waals surface area (Å²) in [5.41, 5.74) is 0. The number of piperidine rings is 2. The summed E-state index contributed by atoms with van der Waals surface area (Å²) in [6.07, 6.45) is 6.60. The summed E-state index contributed by atoms with van der Waals surface area (Å²) in [5, 5.41) is 0. The van der Waals surface area contributed by atoms with Crippen LogP contribution in [0, 0.1) is 0 Å². The van der Waals surface area contributed by atoms with Gasteiger partial charge in [-0.1, -0.05) is 6.42 Å². The van der Waals surface area contributed by atoms with Gasteiger partial charge in [0.25, 0.3) is 0 Å². The van der Waals surface area contributed by atoms with Gasteiger partial charge in [-0.15, -0.1) is 0 Å². The molecule has 0 bridgehead atoms. The Morgan fingerprint density at radius 1 is 1.00 bits per heavy atom. The van der Waals surface area contributed by atoms with E-state index in [0.29, 0.717) is 18.6 Å². The van der Waals surface area contributed by atoms with Gasteiger partial charge in [-0.2, -0.15) is 0 Å². The van der Waals surface area contributed by atoms with Gasteiger partial charge in [-0.05, 0) is 52.6 Å². The SMILES string of the molecule is C[C@@H]1CC(N2CCCCC2)C[C@H](C)N1CCF. The minimum absolute atomic E-state index is 0.205. The first-order valence-corrected chi connectivity index (χ1v) is 7.28. The van der Waals surface area contributed by atoms with E-state index in [1.54, 1.807) is 0 Å². The lowest BCUT2D eigenvalue weighted by Gasteiger charge is -2.46. The smallest absolute Gasteiger partial charge is 0.102 e. The average Bonchev–Trinajstić information content (AvgIpc) is 2.35. The summed E-state index contributed by atoms with van der Waals surface area (Å²) >= 11 is 0. The lowest BCUT2D eigenvalue weighted by molar-refractivity contribution is 0.0246. The molecule has 0 N–H and O–H groups in total. The van der Waals surface area contributed by atoms with Crippen molar-refractivity contribution in [3.8, 4) is 0 Å². The van der Waals surface area contributed by atoms with E-state index in [-0.39, 0.29) is 6.67 Å². The molecule has 0 spiro atoms. The predicted octanol–water partition coefficient (Wildman–Crippen LogP) is 2.68. The molecule has 2 aliphatic heterocycles. The van der Waals surface area contributed by atoms with Gasteiger partial charge in [0.05, 0.1) is 0 Å². The molecule has 0 aliphatic carbocycles. The second-order valence-corrected chi connectivity index (χ2v) is 5.85. The fraction of sp³-hybridized carbons (Fsp3) is 1.00. The molecule has 2 aliphatic rings. The second kappa shape index (κ2) is 6.14. The first-order valence-electron chi connectivity index (χ1n) is 7.28. The lowest BCUT2D eigenvalue weighted by atomic mass is 9.90. The monoisotopic (exact) mass is 242 g/mol. The maximum Gasteiger partial charge on any atom is 0.102 e. The van der Waals surface area contributed by atoms with E-state index in [0.717, 1.165) is 6.04 Å². The fourth-order valence-electron chi connectivity index (χ4n) is 3.71. The molecule has 2 rings (SSSR count). The Kier molecular flexibility index (Phi) is 4.80. The minimum Gasteiger partial charge on any atom is -0.300 e. The quantitative estimate of drug-likeness (QED) is 0.751. The van der Waals surface area contributed by atoms with Gasteiger partial charge < -0.3 is 4.90 Å². The van der Waals surface area contributed by atoms with Crippen molar-refractivity contribution in [1.29, 1.82) is 0 Å². The number of likely N-dealkylation sites (tertiary alicyclic amines) is 2. The fourth-order valence-corrected chi connectivity index (χ4v) is 3.71. The van der Waals surface area contributed by atoms with Crippen molar-refractivity contribution in [2.24, 2.45) is 0 Å². The molecule has 3 heteroatoms. The van der Waals surface area contributed by atoms with Gasteiger partial charge in [-0.25, -0.2) is 4.39 Å². The Labute approximate surface area is 105 Å². The first-order chi connectivity index (χ1) is 8.22. The van der Waals surface area contributed by atoms with E-state index in [1.165, 1.54) is 45.2 Å². The molecule has 2 fully saturated rings. The number of nitrogens with zero attached hydrogens (tertiary/aromatic N) is 2. The number of hydrogen-bond donors (Lipinski definition) is 0. The van der Waals surface area contributed by atoms with Crippen molar-refractivity contribution in [1.82, 2.24) is 9.80 Å². The van der Waals surface area contributed by atoms with Crippen LogP contribution in [-0.2, 0) is 0 Å². The number of halogens is 1. The van der Waals surface area contributed by atoms with E-state index in [2.05, 4.69) is 23.6 Å². The Balaban J connectivity index is 1.90. The normalized spacial score (nSPS) is 37.2. The van der Waals surface area contributed by atoms with Gasteiger partial charge in [0.15, 0.2) is 0 Å². The maximum atomic E-state index is 12.5. The van der Waals surface area contributed by atoms with Crippen molar-refractivity contribution >= 4 is 0 Å².